The van der Waals surface area contributed by atoms with Gasteiger partial charge in [-0.15, -0.1) is 24.0 Å². The largest absolute Gasteiger partial charge is 0.497 e. The molecule has 1 heterocycles. The standard InChI is InChI=1S/C20H32N4O2.HI/c1-7-21-18(24-14-19(2,3)20(24,4)5)23-13-12-22-17(25)15-8-10-16(26-6)11-9-15;/h8-11H,7,12-14H2,1-6H3,(H,21,23)(H,22,25);1H. The van der Waals surface area contributed by atoms with E-state index in [0.29, 0.717) is 18.7 Å². The maximum Gasteiger partial charge on any atom is 0.251 e. The number of ether oxygens (including phenoxy) is 1. The second-order valence-electron chi connectivity index (χ2n) is 7.75. The number of likely N-dealkylation sites (tertiary alicyclic amines) is 1. The number of amides is 1. The van der Waals surface area contributed by atoms with Gasteiger partial charge in [-0.3, -0.25) is 9.79 Å². The molecule has 6 nitrogen and oxygen atoms in total. The Hall–Kier alpha value is -1.51. The van der Waals surface area contributed by atoms with Crippen molar-refractivity contribution < 1.29 is 9.53 Å². The molecule has 0 spiro atoms. The Morgan fingerprint density at radius 3 is 2.30 bits per heavy atom. The number of nitrogens with zero attached hydrogens (tertiary/aromatic N) is 2. The van der Waals surface area contributed by atoms with Gasteiger partial charge in [0.25, 0.3) is 5.91 Å². The number of rotatable bonds is 6. The van der Waals surface area contributed by atoms with Gasteiger partial charge in [0.1, 0.15) is 5.75 Å². The van der Waals surface area contributed by atoms with Crippen molar-refractivity contribution in [3.05, 3.63) is 29.8 Å². The highest BCUT2D eigenvalue weighted by atomic mass is 127. The number of hydrogen-bond acceptors (Lipinski definition) is 3. The molecule has 152 valence electrons. The molecule has 0 unspecified atom stereocenters. The molecule has 1 aliphatic heterocycles. The Balaban J connectivity index is 0.00000364. The molecule has 1 aliphatic rings. The predicted molar refractivity (Wildman–Crippen MR) is 121 cm³/mol. The lowest BCUT2D eigenvalue weighted by Gasteiger charge is -2.62. The zero-order valence-electron chi connectivity index (χ0n) is 17.3. The molecular weight excluding hydrogens is 455 g/mol. The molecule has 1 saturated heterocycles. The molecule has 1 aromatic carbocycles. The Morgan fingerprint density at radius 2 is 1.81 bits per heavy atom. The Labute approximate surface area is 180 Å². The van der Waals surface area contributed by atoms with Gasteiger partial charge in [-0.05, 0) is 45.0 Å². The van der Waals surface area contributed by atoms with Gasteiger partial charge in [0.05, 0.1) is 13.7 Å². The number of halogens is 1. The van der Waals surface area contributed by atoms with Gasteiger partial charge in [0.15, 0.2) is 5.96 Å². The summed E-state index contributed by atoms with van der Waals surface area (Å²) in [4.78, 5) is 19.2. The average molecular weight is 488 g/mol. The van der Waals surface area contributed by atoms with Gasteiger partial charge in [-0.1, -0.05) is 13.8 Å². The summed E-state index contributed by atoms with van der Waals surface area (Å²) in [7, 11) is 1.61. The molecule has 0 aromatic heterocycles. The summed E-state index contributed by atoms with van der Waals surface area (Å²) in [6, 6.07) is 7.08. The molecular formula is C20H33IN4O2. The van der Waals surface area contributed by atoms with E-state index >= 15 is 0 Å². The number of benzene rings is 1. The van der Waals surface area contributed by atoms with Crippen LogP contribution in [0.25, 0.3) is 0 Å². The third-order valence-electron chi connectivity index (χ3n) is 5.49. The molecule has 1 aromatic rings. The Kier molecular flexibility index (Phi) is 8.38. The first-order chi connectivity index (χ1) is 12.2. The molecule has 0 radical (unpaired) electrons. The van der Waals surface area contributed by atoms with Crippen LogP contribution in [-0.4, -0.2) is 55.6 Å². The van der Waals surface area contributed by atoms with E-state index in [9.17, 15) is 4.79 Å². The van der Waals surface area contributed by atoms with E-state index in [1.807, 2.05) is 0 Å². The van der Waals surface area contributed by atoms with E-state index < -0.39 is 0 Å². The maximum atomic E-state index is 12.2. The normalized spacial score (nSPS) is 17.4. The van der Waals surface area contributed by atoms with E-state index in [1.54, 1.807) is 31.4 Å². The molecule has 0 bridgehead atoms. The van der Waals surface area contributed by atoms with E-state index in [1.165, 1.54) is 0 Å². The SMILES string of the molecule is CCNC(=NCCNC(=O)c1ccc(OC)cc1)N1CC(C)(C)C1(C)C.I. The first-order valence-corrected chi connectivity index (χ1v) is 9.21. The third-order valence-corrected chi connectivity index (χ3v) is 5.49. The summed E-state index contributed by atoms with van der Waals surface area (Å²) in [6.07, 6.45) is 0. The third kappa shape index (κ3) is 5.27. The van der Waals surface area contributed by atoms with Crippen LogP contribution in [0.2, 0.25) is 0 Å². The number of guanidine groups is 1. The minimum absolute atomic E-state index is 0. The van der Waals surface area contributed by atoms with Crippen molar-refractivity contribution in [3.63, 3.8) is 0 Å². The first-order valence-electron chi connectivity index (χ1n) is 9.21. The van der Waals surface area contributed by atoms with Crippen molar-refractivity contribution in [2.24, 2.45) is 10.4 Å². The quantitative estimate of drug-likeness (QED) is 0.280. The van der Waals surface area contributed by atoms with Crippen LogP contribution in [0.1, 0.15) is 45.0 Å². The summed E-state index contributed by atoms with van der Waals surface area (Å²) >= 11 is 0. The van der Waals surface area contributed by atoms with Crippen LogP contribution in [0.15, 0.2) is 29.3 Å². The van der Waals surface area contributed by atoms with Crippen LogP contribution in [0.3, 0.4) is 0 Å². The molecule has 2 N–H and O–H groups in total. The fourth-order valence-corrected chi connectivity index (χ4v) is 2.97. The van der Waals surface area contributed by atoms with E-state index in [2.05, 4.69) is 55.1 Å². The van der Waals surface area contributed by atoms with Crippen molar-refractivity contribution in [1.29, 1.82) is 0 Å². The Morgan fingerprint density at radius 1 is 1.19 bits per heavy atom. The smallest absolute Gasteiger partial charge is 0.251 e. The van der Waals surface area contributed by atoms with Crippen molar-refractivity contribution in [2.75, 3.05) is 33.3 Å². The van der Waals surface area contributed by atoms with E-state index in [0.717, 1.165) is 24.8 Å². The van der Waals surface area contributed by atoms with Crippen LogP contribution in [0.4, 0.5) is 0 Å². The zero-order valence-corrected chi connectivity index (χ0v) is 19.6. The van der Waals surface area contributed by atoms with Crippen LogP contribution < -0.4 is 15.4 Å². The van der Waals surface area contributed by atoms with Gasteiger partial charge in [0.2, 0.25) is 0 Å². The summed E-state index contributed by atoms with van der Waals surface area (Å²) in [5.74, 6) is 1.55. The summed E-state index contributed by atoms with van der Waals surface area (Å²) < 4.78 is 5.11. The maximum absolute atomic E-state index is 12.2. The second-order valence-corrected chi connectivity index (χ2v) is 7.75. The average Bonchev–Trinajstić information content (AvgIpc) is 2.62. The first kappa shape index (κ1) is 23.5. The van der Waals surface area contributed by atoms with E-state index in [-0.39, 0.29) is 40.8 Å². The molecule has 1 fully saturated rings. The van der Waals surface area contributed by atoms with Crippen molar-refractivity contribution >= 4 is 35.8 Å². The van der Waals surface area contributed by atoms with E-state index in [4.69, 9.17) is 4.74 Å². The molecule has 2 rings (SSSR count). The molecule has 0 saturated carbocycles. The van der Waals surface area contributed by atoms with Gasteiger partial charge < -0.3 is 20.3 Å². The van der Waals surface area contributed by atoms with Crippen LogP contribution >= 0.6 is 24.0 Å². The summed E-state index contributed by atoms with van der Waals surface area (Å²) in [5.41, 5.74) is 0.930. The number of methoxy groups -OCH3 is 1. The monoisotopic (exact) mass is 488 g/mol. The van der Waals surface area contributed by atoms with Gasteiger partial charge in [-0.2, -0.15) is 0 Å². The second kappa shape index (κ2) is 9.61. The fraction of sp³-hybridized carbons (Fsp3) is 0.600. The van der Waals surface area contributed by atoms with Crippen LogP contribution in [0, 0.1) is 5.41 Å². The number of hydrogen-bond donors (Lipinski definition) is 2. The van der Waals surface area contributed by atoms with Crippen molar-refractivity contribution in [1.82, 2.24) is 15.5 Å². The predicted octanol–water partition coefficient (Wildman–Crippen LogP) is 3.13. The highest BCUT2D eigenvalue weighted by Gasteiger charge is 2.53. The topological polar surface area (TPSA) is 66.0 Å². The number of aliphatic imine (C=N–C) groups is 1. The minimum atomic E-state index is -0.0988. The Bertz CT molecular complexity index is 656. The molecule has 1 amide bonds. The molecule has 7 heteroatoms. The highest BCUT2D eigenvalue weighted by Crippen LogP contribution is 2.46. The lowest BCUT2D eigenvalue weighted by Crippen LogP contribution is -2.72. The molecule has 0 atom stereocenters. The molecule has 27 heavy (non-hydrogen) atoms. The van der Waals surface area contributed by atoms with Crippen molar-refractivity contribution in [3.8, 4) is 5.75 Å². The highest BCUT2D eigenvalue weighted by molar-refractivity contribution is 14.0. The number of carbonyl (C=O) groups excluding carboxylic acids is 1. The lowest BCUT2D eigenvalue weighted by atomic mass is 9.65. The van der Waals surface area contributed by atoms with Crippen LogP contribution in [0.5, 0.6) is 5.75 Å². The van der Waals surface area contributed by atoms with Gasteiger partial charge in [-0.25, -0.2) is 0 Å². The van der Waals surface area contributed by atoms with Gasteiger partial charge >= 0.3 is 0 Å². The molecule has 0 aliphatic carbocycles. The summed E-state index contributed by atoms with van der Waals surface area (Å²) in [5, 5.41) is 6.27. The van der Waals surface area contributed by atoms with Crippen LogP contribution in [-0.2, 0) is 0 Å². The van der Waals surface area contributed by atoms with Gasteiger partial charge in [0, 0.05) is 36.2 Å². The zero-order chi connectivity index (χ0) is 19.4. The number of carbonyl (C=O) groups is 1. The lowest BCUT2D eigenvalue weighted by molar-refractivity contribution is -0.0667. The fourth-order valence-electron chi connectivity index (χ4n) is 2.97. The minimum Gasteiger partial charge on any atom is -0.497 e. The van der Waals surface area contributed by atoms with Crippen molar-refractivity contribution in [2.45, 2.75) is 40.2 Å². The number of nitrogens with one attached hydrogen (secondary N) is 2. The summed E-state index contributed by atoms with van der Waals surface area (Å²) in [6.45, 7) is 14.0.